The molecule has 2 heteroatoms. The average molecular weight is 154 g/mol. The molecule has 0 saturated heterocycles. The highest BCUT2D eigenvalue weighted by Gasteiger charge is 2.22. The lowest BCUT2D eigenvalue weighted by Crippen LogP contribution is -2.07. The van der Waals surface area contributed by atoms with E-state index in [9.17, 15) is 4.79 Å². The first-order chi connectivity index (χ1) is 5.27. The van der Waals surface area contributed by atoms with E-state index in [2.05, 4.69) is 0 Å². The van der Waals surface area contributed by atoms with Crippen molar-refractivity contribution in [3.63, 3.8) is 0 Å². The van der Waals surface area contributed by atoms with Gasteiger partial charge in [0.15, 0.2) is 5.78 Å². The number of rotatable bonds is 3. The predicted octanol–water partition coefficient (Wildman–Crippen LogP) is 1.70. The summed E-state index contributed by atoms with van der Waals surface area (Å²) < 4.78 is 5.31. The third-order valence-corrected chi connectivity index (χ3v) is 1.89. The molecule has 0 saturated carbocycles. The van der Waals surface area contributed by atoms with Crippen LogP contribution in [0.3, 0.4) is 0 Å². The summed E-state index contributed by atoms with van der Waals surface area (Å²) in [5, 5.41) is 0. The predicted molar refractivity (Wildman–Crippen MR) is 43.4 cm³/mol. The topological polar surface area (TPSA) is 26.3 Å². The summed E-state index contributed by atoms with van der Waals surface area (Å²) in [4.78, 5) is 11.1. The summed E-state index contributed by atoms with van der Waals surface area (Å²) in [5.41, 5.74) is 0.934. The number of Topliss-reactive ketones (excluding diaryl/α,β-unsaturated/α-hetero) is 1. The first-order valence-corrected chi connectivity index (χ1v) is 4.13. The molecule has 1 aliphatic carbocycles. The molecule has 0 amide bonds. The van der Waals surface area contributed by atoms with Gasteiger partial charge in [-0.15, -0.1) is 0 Å². The van der Waals surface area contributed by atoms with E-state index < -0.39 is 0 Å². The van der Waals surface area contributed by atoms with E-state index in [0.717, 1.165) is 12.0 Å². The van der Waals surface area contributed by atoms with E-state index in [-0.39, 0.29) is 11.9 Å². The quantitative estimate of drug-likeness (QED) is 0.618. The highest BCUT2D eigenvalue weighted by atomic mass is 16.5. The monoisotopic (exact) mass is 154 g/mol. The van der Waals surface area contributed by atoms with E-state index >= 15 is 0 Å². The molecular formula is C9H14O2. The summed E-state index contributed by atoms with van der Waals surface area (Å²) in [7, 11) is 0. The SMILES string of the molecule is CCOC1C=C(CC)C(=O)C1. The minimum Gasteiger partial charge on any atom is -0.374 e. The van der Waals surface area contributed by atoms with Crippen molar-refractivity contribution in [1.82, 2.24) is 0 Å². The minimum atomic E-state index is 0.0578. The second-order valence-corrected chi connectivity index (χ2v) is 2.67. The molecule has 2 nitrogen and oxygen atoms in total. The average Bonchev–Trinajstić information content (AvgIpc) is 2.32. The van der Waals surface area contributed by atoms with Crippen LogP contribution in [-0.4, -0.2) is 18.5 Å². The van der Waals surface area contributed by atoms with E-state index in [4.69, 9.17) is 4.74 Å². The Morgan fingerprint density at radius 1 is 1.64 bits per heavy atom. The molecule has 0 fully saturated rings. The van der Waals surface area contributed by atoms with Gasteiger partial charge in [-0.05, 0) is 25.0 Å². The van der Waals surface area contributed by atoms with Gasteiger partial charge in [0, 0.05) is 13.0 Å². The first-order valence-electron chi connectivity index (χ1n) is 4.13. The molecule has 1 aliphatic rings. The molecule has 0 spiro atoms. The summed E-state index contributed by atoms with van der Waals surface area (Å²) >= 11 is 0. The van der Waals surface area contributed by atoms with Crippen LogP contribution >= 0.6 is 0 Å². The van der Waals surface area contributed by atoms with Crippen molar-refractivity contribution in [1.29, 1.82) is 0 Å². The molecule has 0 radical (unpaired) electrons. The van der Waals surface area contributed by atoms with Crippen LogP contribution in [0.1, 0.15) is 26.7 Å². The van der Waals surface area contributed by atoms with Crippen LogP contribution in [0.4, 0.5) is 0 Å². The largest absolute Gasteiger partial charge is 0.374 e. The number of hydrogen-bond acceptors (Lipinski definition) is 2. The van der Waals surface area contributed by atoms with Crippen LogP contribution in [0.25, 0.3) is 0 Å². The van der Waals surface area contributed by atoms with Gasteiger partial charge in [0.1, 0.15) is 0 Å². The first kappa shape index (κ1) is 8.47. The number of ketones is 1. The number of carbonyl (C=O) groups excluding carboxylic acids is 1. The van der Waals surface area contributed by atoms with Gasteiger partial charge in [-0.1, -0.05) is 6.92 Å². The highest BCUT2D eigenvalue weighted by molar-refractivity contribution is 5.98. The lowest BCUT2D eigenvalue weighted by atomic mass is 10.2. The molecule has 0 bridgehead atoms. The Balaban J connectivity index is 2.52. The van der Waals surface area contributed by atoms with Gasteiger partial charge < -0.3 is 4.74 Å². The van der Waals surface area contributed by atoms with Crippen molar-refractivity contribution in [2.45, 2.75) is 32.8 Å². The Kier molecular flexibility index (Phi) is 2.83. The maximum atomic E-state index is 11.1. The maximum Gasteiger partial charge on any atom is 0.161 e. The second kappa shape index (κ2) is 3.67. The molecule has 0 aliphatic heterocycles. The van der Waals surface area contributed by atoms with Crippen LogP contribution in [0, 0.1) is 0 Å². The third kappa shape index (κ3) is 1.90. The molecule has 11 heavy (non-hydrogen) atoms. The molecule has 1 unspecified atom stereocenters. The third-order valence-electron chi connectivity index (χ3n) is 1.89. The Morgan fingerprint density at radius 3 is 2.82 bits per heavy atom. The summed E-state index contributed by atoms with van der Waals surface area (Å²) in [5.74, 6) is 0.256. The molecule has 62 valence electrons. The van der Waals surface area contributed by atoms with Gasteiger partial charge in [0.25, 0.3) is 0 Å². The molecule has 0 N–H and O–H groups in total. The zero-order valence-electron chi connectivity index (χ0n) is 7.09. The van der Waals surface area contributed by atoms with Crippen LogP contribution in [0.5, 0.6) is 0 Å². The number of hydrogen-bond donors (Lipinski definition) is 0. The zero-order chi connectivity index (χ0) is 8.27. The van der Waals surface area contributed by atoms with E-state index in [1.165, 1.54) is 0 Å². The minimum absolute atomic E-state index is 0.0578. The fourth-order valence-electron chi connectivity index (χ4n) is 1.33. The number of ether oxygens (including phenoxy) is 1. The van der Waals surface area contributed by atoms with Gasteiger partial charge in [-0.3, -0.25) is 4.79 Å². The van der Waals surface area contributed by atoms with Crippen molar-refractivity contribution in [2.75, 3.05) is 6.61 Å². The molecular weight excluding hydrogens is 140 g/mol. The smallest absolute Gasteiger partial charge is 0.161 e. The molecule has 0 aromatic heterocycles. The van der Waals surface area contributed by atoms with Crippen molar-refractivity contribution >= 4 is 5.78 Å². The molecule has 0 aromatic carbocycles. The summed E-state index contributed by atoms with van der Waals surface area (Å²) in [6.45, 7) is 4.63. The van der Waals surface area contributed by atoms with Crippen molar-refractivity contribution in [2.24, 2.45) is 0 Å². The van der Waals surface area contributed by atoms with Gasteiger partial charge in [-0.25, -0.2) is 0 Å². The van der Waals surface area contributed by atoms with Gasteiger partial charge in [0.05, 0.1) is 6.10 Å². The highest BCUT2D eigenvalue weighted by Crippen LogP contribution is 2.19. The molecule has 0 aromatic rings. The zero-order valence-corrected chi connectivity index (χ0v) is 7.09. The molecule has 0 heterocycles. The van der Waals surface area contributed by atoms with Crippen molar-refractivity contribution < 1.29 is 9.53 Å². The Hall–Kier alpha value is -0.630. The number of carbonyl (C=O) groups is 1. The van der Waals surface area contributed by atoms with E-state index in [1.54, 1.807) is 0 Å². The van der Waals surface area contributed by atoms with Crippen LogP contribution in [0.15, 0.2) is 11.6 Å². The fourth-order valence-corrected chi connectivity index (χ4v) is 1.33. The van der Waals surface area contributed by atoms with Gasteiger partial charge >= 0.3 is 0 Å². The lowest BCUT2D eigenvalue weighted by Gasteiger charge is -2.04. The molecule has 1 atom stereocenters. The van der Waals surface area contributed by atoms with Crippen LogP contribution in [-0.2, 0) is 9.53 Å². The van der Waals surface area contributed by atoms with E-state index in [0.29, 0.717) is 13.0 Å². The normalized spacial score (nSPS) is 24.0. The Labute approximate surface area is 67.2 Å². The number of allylic oxidation sites excluding steroid dienone is 1. The second-order valence-electron chi connectivity index (χ2n) is 2.67. The maximum absolute atomic E-state index is 11.1. The standard InChI is InChI=1S/C9H14O2/c1-3-7-5-8(11-4-2)6-9(7)10/h5,8H,3-4,6H2,1-2H3. The van der Waals surface area contributed by atoms with E-state index in [1.807, 2.05) is 19.9 Å². The van der Waals surface area contributed by atoms with Crippen molar-refractivity contribution in [3.05, 3.63) is 11.6 Å². The van der Waals surface area contributed by atoms with Crippen molar-refractivity contribution in [3.8, 4) is 0 Å². The van der Waals surface area contributed by atoms with Gasteiger partial charge in [-0.2, -0.15) is 0 Å². The Bertz CT molecular complexity index is 182. The molecule has 1 rings (SSSR count). The lowest BCUT2D eigenvalue weighted by molar-refractivity contribution is -0.116. The summed E-state index contributed by atoms with van der Waals surface area (Å²) in [6.07, 6.45) is 3.40. The van der Waals surface area contributed by atoms with Crippen LogP contribution in [0.2, 0.25) is 0 Å². The van der Waals surface area contributed by atoms with Gasteiger partial charge in [0.2, 0.25) is 0 Å². The fraction of sp³-hybridized carbons (Fsp3) is 0.667. The Morgan fingerprint density at radius 2 is 2.36 bits per heavy atom. The van der Waals surface area contributed by atoms with Crippen LogP contribution < -0.4 is 0 Å². The summed E-state index contributed by atoms with van der Waals surface area (Å²) in [6, 6.07) is 0.